The van der Waals surface area contributed by atoms with E-state index < -0.39 is 22.0 Å². The molecule has 1 amide bonds. The van der Waals surface area contributed by atoms with Crippen molar-refractivity contribution in [2.45, 2.75) is 36.6 Å². The van der Waals surface area contributed by atoms with Gasteiger partial charge in [-0.3, -0.25) is 10.1 Å². The van der Waals surface area contributed by atoms with Crippen molar-refractivity contribution in [3.8, 4) is 0 Å². The summed E-state index contributed by atoms with van der Waals surface area (Å²) in [7, 11) is -3.92. The Hall–Kier alpha value is -2.53. The molecule has 1 aromatic heterocycles. The highest BCUT2D eigenvalue weighted by Gasteiger charge is 2.24. The zero-order valence-electron chi connectivity index (χ0n) is 18.0. The van der Waals surface area contributed by atoms with Gasteiger partial charge >= 0.3 is 0 Å². The first-order chi connectivity index (χ1) is 15.8. The van der Waals surface area contributed by atoms with Crippen molar-refractivity contribution in [3.05, 3.63) is 64.7 Å². The number of sulfonamides is 1. The third-order valence-electron chi connectivity index (χ3n) is 5.42. The van der Waals surface area contributed by atoms with Gasteiger partial charge in [0.2, 0.25) is 9.47 Å². The van der Waals surface area contributed by atoms with Crippen LogP contribution in [0.15, 0.2) is 52.9 Å². The number of halogens is 1. The average Bonchev–Trinajstić information content (AvgIpc) is 3.29. The van der Waals surface area contributed by atoms with Crippen LogP contribution < -0.4 is 14.9 Å². The van der Waals surface area contributed by atoms with Crippen molar-refractivity contribution in [1.82, 2.24) is 14.9 Å². The number of benzene rings is 2. The van der Waals surface area contributed by atoms with Crippen molar-refractivity contribution in [2.75, 3.05) is 23.3 Å². The van der Waals surface area contributed by atoms with Crippen LogP contribution in [-0.2, 0) is 10.0 Å². The molecule has 11 heteroatoms. The van der Waals surface area contributed by atoms with Gasteiger partial charge in [-0.05, 0) is 56.0 Å². The van der Waals surface area contributed by atoms with Crippen LogP contribution in [0.5, 0.6) is 0 Å². The van der Waals surface area contributed by atoms with Crippen molar-refractivity contribution in [2.24, 2.45) is 0 Å². The maximum Gasteiger partial charge on any atom is 0.270 e. The third-order valence-corrected chi connectivity index (χ3v) is 8.50. The molecular weight excluding hydrogens is 482 g/mol. The van der Waals surface area contributed by atoms with E-state index in [4.69, 9.17) is 11.6 Å². The molecule has 1 aliphatic rings. The first-order valence-electron chi connectivity index (χ1n) is 10.6. The van der Waals surface area contributed by atoms with Gasteiger partial charge in [0.05, 0.1) is 10.6 Å². The summed E-state index contributed by atoms with van der Waals surface area (Å²) in [6.07, 6.45) is 3.66. The molecule has 0 bridgehead atoms. The van der Waals surface area contributed by atoms with Crippen LogP contribution in [0.25, 0.3) is 0 Å². The Balaban J connectivity index is 1.41. The quantitative estimate of drug-likeness (QED) is 0.459. The molecule has 0 spiro atoms. The fourth-order valence-electron chi connectivity index (χ4n) is 3.66. The second-order valence-electron chi connectivity index (χ2n) is 7.79. The Labute approximate surface area is 202 Å². The van der Waals surface area contributed by atoms with Gasteiger partial charge in [0.25, 0.3) is 15.9 Å². The largest absolute Gasteiger partial charge is 0.372 e. The van der Waals surface area contributed by atoms with E-state index in [1.54, 1.807) is 31.2 Å². The van der Waals surface area contributed by atoms with Gasteiger partial charge in [-0.25, -0.2) is 13.1 Å². The number of piperidine rings is 1. The van der Waals surface area contributed by atoms with E-state index in [0.29, 0.717) is 0 Å². The molecule has 0 saturated carbocycles. The predicted molar refractivity (Wildman–Crippen MR) is 131 cm³/mol. The minimum absolute atomic E-state index is 0.0684. The lowest BCUT2D eigenvalue weighted by atomic mass is 10.1. The van der Waals surface area contributed by atoms with Crippen molar-refractivity contribution >= 4 is 49.7 Å². The molecule has 3 aromatic rings. The standard InChI is InChI=1S/C22H24ClN5O3S2/c1-15(16-9-11-17(12-10-16)28-13-5-2-6-14-28)27-33(30,31)22-26-25-21(32-22)24-20(29)18-7-3-4-8-19(18)23/h3-4,7-12,15,27H,2,5-6,13-14H2,1H3,(H,24,25,29)/t15-/m1/s1. The summed E-state index contributed by atoms with van der Waals surface area (Å²) in [4.78, 5) is 14.7. The summed E-state index contributed by atoms with van der Waals surface area (Å²) in [5, 5.41) is 10.4. The third kappa shape index (κ3) is 5.70. The van der Waals surface area contributed by atoms with Gasteiger partial charge < -0.3 is 4.90 Å². The number of nitrogens with zero attached hydrogens (tertiary/aromatic N) is 3. The second kappa shape index (κ2) is 10.2. The highest BCUT2D eigenvalue weighted by molar-refractivity contribution is 7.91. The summed E-state index contributed by atoms with van der Waals surface area (Å²) >= 11 is 6.80. The molecule has 33 heavy (non-hydrogen) atoms. The van der Waals surface area contributed by atoms with Gasteiger partial charge in [-0.1, -0.05) is 47.2 Å². The summed E-state index contributed by atoms with van der Waals surface area (Å²) in [6.45, 7) is 3.87. The van der Waals surface area contributed by atoms with E-state index in [1.165, 1.54) is 19.3 Å². The van der Waals surface area contributed by atoms with Gasteiger partial charge in [0, 0.05) is 24.8 Å². The Morgan fingerprint density at radius 3 is 2.45 bits per heavy atom. The van der Waals surface area contributed by atoms with Crippen molar-refractivity contribution in [3.63, 3.8) is 0 Å². The number of rotatable bonds is 7. The lowest BCUT2D eigenvalue weighted by Gasteiger charge is -2.29. The van der Waals surface area contributed by atoms with Gasteiger partial charge in [0.1, 0.15) is 0 Å². The number of aromatic nitrogens is 2. The maximum atomic E-state index is 12.8. The van der Waals surface area contributed by atoms with E-state index in [9.17, 15) is 13.2 Å². The molecule has 1 saturated heterocycles. The lowest BCUT2D eigenvalue weighted by molar-refractivity contribution is 0.102. The molecule has 1 aliphatic heterocycles. The molecule has 2 N–H and O–H groups in total. The lowest BCUT2D eigenvalue weighted by Crippen LogP contribution is -2.29. The molecule has 8 nitrogen and oxygen atoms in total. The van der Waals surface area contributed by atoms with Crippen LogP contribution in [-0.4, -0.2) is 37.6 Å². The Bertz CT molecular complexity index is 1220. The number of hydrogen-bond donors (Lipinski definition) is 2. The number of nitrogens with one attached hydrogen (secondary N) is 2. The van der Waals surface area contributed by atoms with Gasteiger partial charge in [-0.2, -0.15) is 0 Å². The molecule has 1 fully saturated rings. The number of carbonyl (C=O) groups excluding carboxylic acids is 1. The average molecular weight is 506 g/mol. The molecule has 1 atom stereocenters. The van der Waals surface area contributed by atoms with Crippen LogP contribution in [0.1, 0.15) is 48.1 Å². The zero-order chi connectivity index (χ0) is 23.4. The Morgan fingerprint density at radius 1 is 1.06 bits per heavy atom. The summed E-state index contributed by atoms with van der Waals surface area (Å²) in [6, 6.07) is 14.0. The van der Waals surface area contributed by atoms with Crippen LogP contribution in [0.4, 0.5) is 10.8 Å². The molecule has 174 valence electrons. The zero-order valence-corrected chi connectivity index (χ0v) is 20.4. The normalized spacial score (nSPS) is 15.3. The fraction of sp³-hybridized carbons (Fsp3) is 0.318. The number of amides is 1. The van der Waals surface area contributed by atoms with E-state index in [-0.39, 0.29) is 20.1 Å². The molecule has 0 aliphatic carbocycles. The van der Waals surface area contributed by atoms with Crippen LogP contribution in [0.3, 0.4) is 0 Å². The molecule has 4 rings (SSSR count). The van der Waals surface area contributed by atoms with Crippen LogP contribution >= 0.6 is 22.9 Å². The van der Waals surface area contributed by atoms with Crippen molar-refractivity contribution in [1.29, 1.82) is 0 Å². The monoisotopic (exact) mass is 505 g/mol. The summed E-state index contributed by atoms with van der Waals surface area (Å²) < 4.78 is 28.0. The van der Waals surface area contributed by atoms with Gasteiger partial charge in [0.15, 0.2) is 0 Å². The van der Waals surface area contributed by atoms with E-state index in [1.807, 2.05) is 24.3 Å². The fourth-order valence-corrected chi connectivity index (χ4v) is 6.02. The van der Waals surface area contributed by atoms with Crippen LogP contribution in [0.2, 0.25) is 5.02 Å². The SMILES string of the molecule is C[C@@H](NS(=O)(=O)c1nnc(NC(=O)c2ccccc2Cl)s1)c1ccc(N2CCCCC2)cc1. The minimum Gasteiger partial charge on any atom is -0.372 e. The first kappa shape index (κ1) is 23.6. The number of anilines is 2. The Morgan fingerprint density at radius 2 is 1.76 bits per heavy atom. The number of hydrogen-bond acceptors (Lipinski definition) is 7. The second-order valence-corrected chi connectivity index (χ2v) is 11.1. The smallest absolute Gasteiger partial charge is 0.270 e. The molecule has 2 aromatic carbocycles. The Kier molecular flexibility index (Phi) is 7.28. The van der Waals surface area contributed by atoms with E-state index in [2.05, 4.69) is 25.1 Å². The molecule has 2 heterocycles. The van der Waals surface area contributed by atoms with E-state index in [0.717, 1.165) is 35.7 Å². The highest BCUT2D eigenvalue weighted by atomic mass is 35.5. The van der Waals surface area contributed by atoms with E-state index >= 15 is 0 Å². The number of carbonyl (C=O) groups is 1. The molecule has 0 radical (unpaired) electrons. The topological polar surface area (TPSA) is 104 Å². The predicted octanol–water partition coefficient (Wildman–Crippen LogP) is 4.47. The highest BCUT2D eigenvalue weighted by Crippen LogP contribution is 2.26. The summed E-state index contributed by atoms with van der Waals surface area (Å²) in [5.41, 5.74) is 2.26. The molecule has 0 unspecified atom stereocenters. The van der Waals surface area contributed by atoms with Crippen molar-refractivity contribution < 1.29 is 13.2 Å². The molecular formula is C22H24ClN5O3S2. The van der Waals surface area contributed by atoms with Crippen LogP contribution in [0, 0.1) is 0 Å². The summed E-state index contributed by atoms with van der Waals surface area (Å²) in [5.74, 6) is -0.490. The maximum absolute atomic E-state index is 12.8. The first-order valence-corrected chi connectivity index (χ1v) is 13.3. The van der Waals surface area contributed by atoms with Gasteiger partial charge in [-0.15, -0.1) is 10.2 Å². The minimum atomic E-state index is -3.92.